The van der Waals surface area contributed by atoms with Crippen LogP contribution >= 0.6 is 11.8 Å². The normalized spacial score (nSPS) is 24.9. The number of nitrogens with zero attached hydrogens (tertiary/aromatic N) is 4. The van der Waals surface area contributed by atoms with Gasteiger partial charge in [-0.3, -0.25) is 19.2 Å². The molecular formula is C22H27N5O2S. The van der Waals surface area contributed by atoms with E-state index in [4.69, 9.17) is 4.99 Å². The molecular weight excluding hydrogens is 398 g/mol. The molecule has 8 heteroatoms. The largest absolute Gasteiger partial charge is 0.326 e. The van der Waals surface area contributed by atoms with Gasteiger partial charge in [0, 0.05) is 24.7 Å². The van der Waals surface area contributed by atoms with Gasteiger partial charge in [0.2, 0.25) is 11.8 Å². The first-order chi connectivity index (χ1) is 14.4. The second-order valence-corrected chi connectivity index (χ2v) is 9.17. The van der Waals surface area contributed by atoms with Gasteiger partial charge in [-0.2, -0.15) is 5.10 Å². The quantitative estimate of drug-likeness (QED) is 0.759. The third kappa shape index (κ3) is 4.28. The fraction of sp³-hybridized carbons (Fsp3) is 0.455. The third-order valence-corrected chi connectivity index (χ3v) is 6.90. The molecule has 1 saturated heterocycles. The molecule has 0 bridgehead atoms. The first kappa shape index (κ1) is 20.7. The Morgan fingerprint density at radius 3 is 2.67 bits per heavy atom. The maximum absolute atomic E-state index is 13.2. The van der Waals surface area contributed by atoms with Crippen LogP contribution in [0.4, 0.5) is 11.4 Å². The summed E-state index contributed by atoms with van der Waals surface area (Å²) >= 11 is 1.39. The van der Waals surface area contributed by atoms with E-state index in [0.717, 1.165) is 36.3 Å². The molecule has 3 atom stereocenters. The Bertz CT molecular complexity index is 968. The Kier molecular flexibility index (Phi) is 5.94. The van der Waals surface area contributed by atoms with Crippen LogP contribution in [0.3, 0.4) is 0 Å². The Labute approximate surface area is 180 Å². The number of carbonyl (C=O) groups is 2. The zero-order valence-corrected chi connectivity index (χ0v) is 18.4. The smallest absolute Gasteiger partial charge is 0.242 e. The van der Waals surface area contributed by atoms with Gasteiger partial charge in [0.15, 0.2) is 5.17 Å². The number of hydrogen-bond acceptors (Lipinski definition) is 5. The van der Waals surface area contributed by atoms with Gasteiger partial charge >= 0.3 is 0 Å². The van der Waals surface area contributed by atoms with Crippen LogP contribution in [0, 0.1) is 12.8 Å². The lowest BCUT2D eigenvalue weighted by molar-refractivity contribution is -0.131. The molecule has 2 amide bonds. The van der Waals surface area contributed by atoms with Crippen LogP contribution in [0.2, 0.25) is 0 Å². The molecule has 4 rings (SSSR count). The van der Waals surface area contributed by atoms with Gasteiger partial charge < -0.3 is 5.32 Å². The monoisotopic (exact) mass is 425 g/mol. The van der Waals surface area contributed by atoms with E-state index in [2.05, 4.69) is 17.3 Å². The number of thioether (sulfide) groups is 1. The van der Waals surface area contributed by atoms with E-state index in [1.165, 1.54) is 11.8 Å². The van der Waals surface area contributed by atoms with E-state index in [-0.39, 0.29) is 24.3 Å². The van der Waals surface area contributed by atoms with Crippen LogP contribution in [0.5, 0.6) is 0 Å². The summed E-state index contributed by atoms with van der Waals surface area (Å²) in [6.07, 6.45) is 5.79. The maximum atomic E-state index is 13.2. The van der Waals surface area contributed by atoms with Crippen LogP contribution in [0.1, 0.15) is 38.7 Å². The minimum absolute atomic E-state index is 0.0164. The summed E-state index contributed by atoms with van der Waals surface area (Å²) in [5.41, 5.74) is 2.60. The maximum Gasteiger partial charge on any atom is 0.242 e. The highest BCUT2D eigenvalue weighted by atomic mass is 32.2. The Hall–Kier alpha value is -2.61. The van der Waals surface area contributed by atoms with Crippen LogP contribution in [-0.2, 0) is 16.1 Å². The highest BCUT2D eigenvalue weighted by Gasteiger charge is 2.46. The predicted octanol–water partition coefficient (Wildman–Crippen LogP) is 3.97. The van der Waals surface area contributed by atoms with Gasteiger partial charge in [0.1, 0.15) is 10.9 Å². The molecule has 1 saturated carbocycles. The van der Waals surface area contributed by atoms with Crippen LogP contribution in [-0.4, -0.2) is 43.0 Å². The van der Waals surface area contributed by atoms with Gasteiger partial charge in [0.25, 0.3) is 0 Å². The zero-order valence-electron chi connectivity index (χ0n) is 17.5. The summed E-state index contributed by atoms with van der Waals surface area (Å²) in [6, 6.07) is 7.81. The van der Waals surface area contributed by atoms with Crippen molar-refractivity contribution in [3.63, 3.8) is 0 Å². The molecule has 2 heterocycles. The lowest BCUT2D eigenvalue weighted by atomic mass is 9.80. The molecule has 3 unspecified atom stereocenters. The van der Waals surface area contributed by atoms with Gasteiger partial charge in [-0.15, -0.1) is 0 Å². The molecule has 7 nitrogen and oxygen atoms in total. The van der Waals surface area contributed by atoms with E-state index >= 15 is 0 Å². The number of amides is 2. The second kappa shape index (κ2) is 8.63. The van der Waals surface area contributed by atoms with Crippen LogP contribution in [0.15, 0.2) is 41.7 Å². The van der Waals surface area contributed by atoms with Crippen molar-refractivity contribution in [2.45, 2.75) is 57.9 Å². The average molecular weight is 426 g/mol. The molecule has 1 N–H and O–H groups in total. The number of aryl methyl sites for hydroxylation is 2. The highest BCUT2D eigenvalue weighted by molar-refractivity contribution is 8.15. The van der Waals surface area contributed by atoms with Crippen molar-refractivity contribution in [3.8, 4) is 0 Å². The SMILES string of the molecule is CCn1cc(N=C2SC(CC(=O)Nc3ccc(C)cc3)C(=O)N2C2CCC2C)cn1. The third-order valence-electron chi connectivity index (χ3n) is 5.75. The number of hydrogen-bond donors (Lipinski definition) is 1. The van der Waals surface area contributed by atoms with Crippen molar-refractivity contribution in [2.75, 3.05) is 5.32 Å². The number of carbonyl (C=O) groups excluding carboxylic acids is 2. The molecule has 2 aliphatic rings. The standard InChI is InChI=1S/C22H27N5O2S/c1-4-26-13-17(12-23-26)25-22-27(18-10-7-15(18)3)21(29)19(30-22)11-20(28)24-16-8-5-14(2)6-9-16/h5-6,8-9,12-13,15,18-19H,4,7,10-11H2,1-3H3,(H,24,28). The molecule has 2 fully saturated rings. The van der Waals surface area contributed by atoms with Crippen molar-refractivity contribution in [1.29, 1.82) is 0 Å². The van der Waals surface area contributed by atoms with Crippen molar-refractivity contribution < 1.29 is 9.59 Å². The summed E-state index contributed by atoms with van der Waals surface area (Å²) in [6.45, 7) is 6.95. The Balaban J connectivity index is 1.50. The van der Waals surface area contributed by atoms with E-state index < -0.39 is 5.25 Å². The van der Waals surface area contributed by atoms with Crippen LogP contribution < -0.4 is 5.32 Å². The number of rotatable bonds is 6. The minimum Gasteiger partial charge on any atom is -0.326 e. The van der Waals surface area contributed by atoms with Crippen molar-refractivity contribution in [2.24, 2.45) is 10.9 Å². The number of benzene rings is 1. The van der Waals surface area contributed by atoms with Gasteiger partial charge in [-0.05, 0) is 44.7 Å². The first-order valence-electron chi connectivity index (χ1n) is 10.4. The molecule has 1 aliphatic carbocycles. The molecule has 158 valence electrons. The predicted molar refractivity (Wildman–Crippen MR) is 120 cm³/mol. The number of nitrogens with one attached hydrogen (secondary N) is 1. The number of aliphatic imine (C=N–C) groups is 1. The summed E-state index contributed by atoms with van der Waals surface area (Å²) in [7, 11) is 0. The van der Waals surface area contributed by atoms with Crippen molar-refractivity contribution in [1.82, 2.24) is 14.7 Å². The van der Waals surface area contributed by atoms with E-state index in [9.17, 15) is 9.59 Å². The highest BCUT2D eigenvalue weighted by Crippen LogP contribution is 2.40. The van der Waals surface area contributed by atoms with Crippen LogP contribution in [0.25, 0.3) is 0 Å². The fourth-order valence-corrected chi connectivity index (χ4v) is 4.94. The molecule has 30 heavy (non-hydrogen) atoms. The fourth-order valence-electron chi connectivity index (χ4n) is 3.74. The van der Waals surface area contributed by atoms with E-state index in [1.54, 1.807) is 6.20 Å². The van der Waals surface area contributed by atoms with Crippen molar-refractivity contribution >= 4 is 40.1 Å². The summed E-state index contributed by atoms with van der Waals surface area (Å²) in [4.78, 5) is 32.3. The van der Waals surface area contributed by atoms with E-state index in [0.29, 0.717) is 11.1 Å². The number of amidine groups is 1. The lowest BCUT2D eigenvalue weighted by Gasteiger charge is -2.40. The molecule has 0 spiro atoms. The number of aromatic nitrogens is 2. The Morgan fingerprint density at radius 1 is 1.30 bits per heavy atom. The van der Waals surface area contributed by atoms with Crippen molar-refractivity contribution in [3.05, 3.63) is 42.2 Å². The molecule has 1 aromatic carbocycles. The average Bonchev–Trinajstić information content (AvgIpc) is 3.29. The topological polar surface area (TPSA) is 79.6 Å². The summed E-state index contributed by atoms with van der Waals surface area (Å²) < 4.78 is 1.81. The second-order valence-electron chi connectivity index (χ2n) is 8.00. The van der Waals surface area contributed by atoms with Gasteiger partial charge in [-0.25, -0.2) is 4.99 Å². The molecule has 1 aromatic heterocycles. The lowest BCUT2D eigenvalue weighted by Crippen LogP contribution is -2.49. The minimum atomic E-state index is -0.455. The molecule has 0 radical (unpaired) electrons. The summed E-state index contributed by atoms with van der Waals surface area (Å²) in [5, 5.41) is 7.39. The Morgan fingerprint density at radius 2 is 2.07 bits per heavy atom. The first-order valence-corrected chi connectivity index (χ1v) is 11.3. The van der Waals surface area contributed by atoms with E-state index in [1.807, 2.05) is 53.9 Å². The zero-order chi connectivity index (χ0) is 21.3. The van der Waals surface area contributed by atoms with Gasteiger partial charge in [0.05, 0.1) is 12.4 Å². The molecule has 2 aromatic rings. The van der Waals surface area contributed by atoms with Gasteiger partial charge in [-0.1, -0.05) is 36.4 Å². The molecule has 1 aliphatic heterocycles. The number of anilines is 1. The summed E-state index contributed by atoms with van der Waals surface area (Å²) in [5.74, 6) is 0.266.